The molecule has 0 aliphatic carbocycles. The number of para-hydroxylation sites is 1. The fraction of sp³-hybridized carbons (Fsp3) is 0.562. The molecule has 0 aromatic heterocycles. The highest BCUT2D eigenvalue weighted by atomic mass is 16.2. The van der Waals surface area contributed by atoms with Crippen LogP contribution in [0.25, 0.3) is 0 Å². The molecule has 3 nitrogen and oxygen atoms in total. The number of likely N-dealkylation sites (tertiary alicyclic amines) is 1. The van der Waals surface area contributed by atoms with E-state index >= 15 is 0 Å². The second-order valence-corrected chi connectivity index (χ2v) is 5.39. The van der Waals surface area contributed by atoms with Crippen molar-refractivity contribution >= 4 is 11.6 Å². The molecule has 1 saturated heterocycles. The quantitative estimate of drug-likeness (QED) is 0.906. The maximum absolute atomic E-state index is 11.3. The van der Waals surface area contributed by atoms with Crippen LogP contribution in [0, 0.1) is 6.92 Å². The van der Waals surface area contributed by atoms with Crippen LogP contribution in [-0.4, -0.2) is 29.9 Å². The maximum Gasteiger partial charge on any atom is 0.219 e. The van der Waals surface area contributed by atoms with Crippen LogP contribution in [0.3, 0.4) is 0 Å². The van der Waals surface area contributed by atoms with E-state index in [2.05, 4.69) is 37.4 Å². The predicted molar refractivity (Wildman–Crippen MR) is 79.5 cm³/mol. The highest BCUT2D eigenvalue weighted by Crippen LogP contribution is 2.24. The monoisotopic (exact) mass is 260 g/mol. The molecule has 0 saturated carbocycles. The summed E-state index contributed by atoms with van der Waals surface area (Å²) < 4.78 is 0. The van der Waals surface area contributed by atoms with Gasteiger partial charge in [0.2, 0.25) is 5.91 Å². The molecule has 3 heteroatoms. The van der Waals surface area contributed by atoms with E-state index in [0.717, 1.165) is 32.4 Å². The summed E-state index contributed by atoms with van der Waals surface area (Å²) in [6.45, 7) is 7.76. The van der Waals surface area contributed by atoms with Crippen molar-refractivity contribution < 1.29 is 4.79 Å². The zero-order valence-corrected chi connectivity index (χ0v) is 12.2. The lowest BCUT2D eigenvalue weighted by molar-refractivity contribution is -0.129. The molecule has 1 heterocycles. The van der Waals surface area contributed by atoms with Crippen LogP contribution in [0.1, 0.15) is 37.8 Å². The molecule has 2 rings (SSSR count). The molecule has 1 fully saturated rings. The molecule has 0 bridgehead atoms. The first-order chi connectivity index (χ1) is 9.11. The zero-order chi connectivity index (χ0) is 13.8. The van der Waals surface area contributed by atoms with Gasteiger partial charge in [-0.25, -0.2) is 0 Å². The summed E-state index contributed by atoms with van der Waals surface area (Å²) in [6, 6.07) is 6.96. The SMILES string of the molecule is CCc1cccc(C)c1NC1CCN(C(C)=O)CC1. The second-order valence-electron chi connectivity index (χ2n) is 5.39. The first-order valence-electron chi connectivity index (χ1n) is 7.22. The zero-order valence-electron chi connectivity index (χ0n) is 12.2. The van der Waals surface area contributed by atoms with Crippen molar-refractivity contribution in [1.29, 1.82) is 0 Å². The van der Waals surface area contributed by atoms with Crippen molar-refractivity contribution in [3.05, 3.63) is 29.3 Å². The number of anilines is 1. The van der Waals surface area contributed by atoms with Crippen LogP contribution in [0.15, 0.2) is 18.2 Å². The van der Waals surface area contributed by atoms with Gasteiger partial charge in [0.1, 0.15) is 0 Å². The minimum atomic E-state index is 0.198. The van der Waals surface area contributed by atoms with E-state index < -0.39 is 0 Å². The molecular formula is C16H24N2O. The molecule has 1 aliphatic heterocycles. The van der Waals surface area contributed by atoms with E-state index in [9.17, 15) is 4.79 Å². The molecule has 0 spiro atoms. The van der Waals surface area contributed by atoms with E-state index in [1.165, 1.54) is 16.8 Å². The van der Waals surface area contributed by atoms with Crippen molar-refractivity contribution in [2.75, 3.05) is 18.4 Å². The first-order valence-corrected chi connectivity index (χ1v) is 7.22. The number of carbonyl (C=O) groups is 1. The van der Waals surface area contributed by atoms with Crippen molar-refractivity contribution in [2.45, 2.75) is 46.1 Å². The van der Waals surface area contributed by atoms with Crippen LogP contribution < -0.4 is 5.32 Å². The molecule has 19 heavy (non-hydrogen) atoms. The highest BCUT2D eigenvalue weighted by molar-refractivity contribution is 5.73. The number of nitrogens with one attached hydrogen (secondary N) is 1. The Labute approximate surface area is 116 Å². The third-order valence-electron chi connectivity index (χ3n) is 4.03. The van der Waals surface area contributed by atoms with Crippen molar-refractivity contribution in [3.8, 4) is 0 Å². The van der Waals surface area contributed by atoms with E-state index in [1.807, 2.05) is 4.90 Å². The Hall–Kier alpha value is -1.51. The van der Waals surface area contributed by atoms with Crippen molar-refractivity contribution in [2.24, 2.45) is 0 Å². The largest absolute Gasteiger partial charge is 0.382 e. The molecular weight excluding hydrogens is 236 g/mol. The summed E-state index contributed by atoms with van der Waals surface area (Å²) in [5, 5.41) is 3.69. The Morgan fingerprint density at radius 1 is 1.37 bits per heavy atom. The Bertz CT molecular complexity index is 448. The molecule has 0 unspecified atom stereocenters. The van der Waals surface area contributed by atoms with Crippen LogP contribution in [0.4, 0.5) is 5.69 Å². The molecule has 0 atom stereocenters. The van der Waals surface area contributed by atoms with Crippen molar-refractivity contribution in [1.82, 2.24) is 4.90 Å². The summed E-state index contributed by atoms with van der Waals surface area (Å²) in [6.07, 6.45) is 3.13. The van der Waals surface area contributed by atoms with E-state index in [-0.39, 0.29) is 5.91 Å². The van der Waals surface area contributed by atoms with E-state index in [1.54, 1.807) is 6.92 Å². The number of amides is 1. The summed E-state index contributed by atoms with van der Waals surface area (Å²) in [7, 11) is 0. The molecule has 1 amide bonds. The number of aryl methyl sites for hydroxylation is 2. The molecule has 1 aromatic carbocycles. The first kappa shape index (κ1) is 13.9. The van der Waals surface area contributed by atoms with E-state index in [4.69, 9.17) is 0 Å². The van der Waals surface area contributed by atoms with Gasteiger partial charge in [-0.2, -0.15) is 0 Å². The highest BCUT2D eigenvalue weighted by Gasteiger charge is 2.21. The lowest BCUT2D eigenvalue weighted by Crippen LogP contribution is -2.41. The average Bonchev–Trinajstić information content (AvgIpc) is 2.41. The third-order valence-corrected chi connectivity index (χ3v) is 4.03. The van der Waals surface area contributed by atoms with Gasteiger partial charge < -0.3 is 10.2 Å². The van der Waals surface area contributed by atoms with Crippen LogP contribution >= 0.6 is 0 Å². The van der Waals surface area contributed by atoms with E-state index in [0.29, 0.717) is 6.04 Å². The summed E-state index contributed by atoms with van der Waals surface area (Å²) in [5.74, 6) is 0.198. The van der Waals surface area contributed by atoms with Gasteiger partial charge in [0.15, 0.2) is 0 Å². The minimum absolute atomic E-state index is 0.198. The van der Waals surface area contributed by atoms with Gasteiger partial charge in [-0.05, 0) is 37.3 Å². The Balaban J connectivity index is 2.01. The molecule has 104 valence electrons. The minimum Gasteiger partial charge on any atom is -0.382 e. The normalized spacial score (nSPS) is 16.5. The van der Waals surface area contributed by atoms with Crippen LogP contribution in [-0.2, 0) is 11.2 Å². The lowest BCUT2D eigenvalue weighted by Gasteiger charge is -2.33. The number of hydrogen-bond donors (Lipinski definition) is 1. The van der Waals surface area contributed by atoms with Gasteiger partial charge in [-0.1, -0.05) is 25.1 Å². The van der Waals surface area contributed by atoms with Crippen LogP contribution in [0.2, 0.25) is 0 Å². The van der Waals surface area contributed by atoms with Gasteiger partial charge in [0.25, 0.3) is 0 Å². The molecule has 1 aliphatic rings. The second kappa shape index (κ2) is 6.09. The maximum atomic E-state index is 11.3. The van der Waals surface area contributed by atoms with Crippen molar-refractivity contribution in [3.63, 3.8) is 0 Å². The number of nitrogens with zero attached hydrogens (tertiary/aromatic N) is 1. The number of benzene rings is 1. The Morgan fingerprint density at radius 2 is 2.05 bits per heavy atom. The van der Waals surface area contributed by atoms with Gasteiger partial charge in [-0.3, -0.25) is 4.79 Å². The van der Waals surface area contributed by atoms with Gasteiger partial charge in [0, 0.05) is 31.7 Å². The van der Waals surface area contributed by atoms with Crippen LogP contribution in [0.5, 0.6) is 0 Å². The molecule has 1 aromatic rings. The summed E-state index contributed by atoms with van der Waals surface area (Å²) in [5.41, 5.74) is 3.99. The van der Waals surface area contributed by atoms with Gasteiger partial charge in [-0.15, -0.1) is 0 Å². The number of hydrogen-bond acceptors (Lipinski definition) is 2. The standard InChI is InChI=1S/C16H24N2O/c1-4-14-7-5-6-12(2)16(14)17-15-8-10-18(11-9-15)13(3)19/h5-7,15,17H,4,8-11H2,1-3H3. The topological polar surface area (TPSA) is 32.3 Å². The number of rotatable bonds is 3. The Morgan fingerprint density at radius 3 is 2.63 bits per heavy atom. The van der Waals surface area contributed by atoms with Gasteiger partial charge >= 0.3 is 0 Å². The summed E-state index contributed by atoms with van der Waals surface area (Å²) in [4.78, 5) is 13.3. The fourth-order valence-corrected chi connectivity index (χ4v) is 2.77. The molecule has 0 radical (unpaired) electrons. The fourth-order valence-electron chi connectivity index (χ4n) is 2.77. The Kier molecular flexibility index (Phi) is 4.46. The van der Waals surface area contributed by atoms with Gasteiger partial charge in [0.05, 0.1) is 0 Å². The summed E-state index contributed by atoms with van der Waals surface area (Å²) >= 11 is 0. The number of carbonyl (C=O) groups excluding carboxylic acids is 1. The third kappa shape index (κ3) is 3.28. The smallest absolute Gasteiger partial charge is 0.219 e. The number of piperidine rings is 1. The molecule has 1 N–H and O–H groups in total. The average molecular weight is 260 g/mol. The predicted octanol–water partition coefficient (Wildman–Crippen LogP) is 2.98. The lowest BCUT2D eigenvalue weighted by atomic mass is 10.0.